The van der Waals surface area contributed by atoms with Crippen LogP contribution in [0.15, 0.2) is 36.4 Å². The SMILES string of the molecule is COc1ccc(C(CC(=O)O)c2cc(OC)c(OC)c(OC)c2)cc1. The van der Waals surface area contributed by atoms with Crippen molar-refractivity contribution in [2.45, 2.75) is 12.3 Å². The summed E-state index contributed by atoms with van der Waals surface area (Å²) in [6.07, 6.45) is -0.0645. The van der Waals surface area contributed by atoms with Gasteiger partial charge in [-0.1, -0.05) is 12.1 Å². The smallest absolute Gasteiger partial charge is 0.304 e. The van der Waals surface area contributed by atoms with Crippen molar-refractivity contribution in [1.82, 2.24) is 0 Å². The summed E-state index contributed by atoms with van der Waals surface area (Å²) < 4.78 is 21.2. The van der Waals surface area contributed by atoms with E-state index in [-0.39, 0.29) is 12.3 Å². The van der Waals surface area contributed by atoms with E-state index in [1.807, 2.05) is 24.3 Å². The first-order chi connectivity index (χ1) is 12.0. The van der Waals surface area contributed by atoms with Crippen molar-refractivity contribution in [3.63, 3.8) is 0 Å². The Labute approximate surface area is 146 Å². The molecule has 6 nitrogen and oxygen atoms in total. The standard InChI is InChI=1S/C19H22O6/c1-22-14-7-5-12(6-8-14)15(11-18(20)21)13-9-16(23-2)19(25-4)17(10-13)24-3/h5-10,15H,11H2,1-4H3,(H,20,21). The van der Waals surface area contributed by atoms with Gasteiger partial charge in [0.15, 0.2) is 11.5 Å². The van der Waals surface area contributed by atoms with Crippen LogP contribution in [-0.4, -0.2) is 39.5 Å². The van der Waals surface area contributed by atoms with Crippen LogP contribution < -0.4 is 18.9 Å². The molecule has 0 fully saturated rings. The van der Waals surface area contributed by atoms with Gasteiger partial charge in [0.2, 0.25) is 5.75 Å². The minimum absolute atomic E-state index is 0.0645. The molecule has 0 aromatic heterocycles. The topological polar surface area (TPSA) is 74.2 Å². The van der Waals surface area contributed by atoms with Gasteiger partial charge in [0, 0.05) is 5.92 Å². The van der Waals surface area contributed by atoms with Crippen molar-refractivity contribution in [3.05, 3.63) is 47.5 Å². The highest BCUT2D eigenvalue weighted by molar-refractivity contribution is 5.69. The fraction of sp³-hybridized carbons (Fsp3) is 0.316. The van der Waals surface area contributed by atoms with Gasteiger partial charge in [-0.3, -0.25) is 4.79 Å². The normalized spacial score (nSPS) is 11.5. The number of hydrogen-bond acceptors (Lipinski definition) is 5. The molecule has 0 saturated heterocycles. The zero-order valence-electron chi connectivity index (χ0n) is 14.7. The predicted octanol–water partition coefficient (Wildman–Crippen LogP) is 3.33. The van der Waals surface area contributed by atoms with E-state index in [1.165, 1.54) is 21.3 Å². The van der Waals surface area contributed by atoms with Crippen molar-refractivity contribution in [3.8, 4) is 23.0 Å². The van der Waals surface area contributed by atoms with E-state index in [2.05, 4.69) is 0 Å². The van der Waals surface area contributed by atoms with Gasteiger partial charge >= 0.3 is 5.97 Å². The van der Waals surface area contributed by atoms with Gasteiger partial charge < -0.3 is 24.1 Å². The number of hydrogen-bond donors (Lipinski definition) is 1. The van der Waals surface area contributed by atoms with Crippen LogP contribution >= 0.6 is 0 Å². The minimum atomic E-state index is -0.894. The first-order valence-corrected chi connectivity index (χ1v) is 7.69. The van der Waals surface area contributed by atoms with Crippen LogP contribution in [0.1, 0.15) is 23.5 Å². The van der Waals surface area contributed by atoms with Crippen molar-refractivity contribution in [1.29, 1.82) is 0 Å². The molecule has 0 spiro atoms. The molecule has 2 aromatic rings. The summed E-state index contributed by atoms with van der Waals surface area (Å²) in [6, 6.07) is 10.9. The number of carboxylic acids is 1. The molecule has 0 saturated carbocycles. The lowest BCUT2D eigenvalue weighted by molar-refractivity contribution is -0.137. The Morgan fingerprint density at radius 2 is 1.44 bits per heavy atom. The Hall–Kier alpha value is -2.89. The van der Waals surface area contributed by atoms with Gasteiger partial charge in [-0.2, -0.15) is 0 Å². The highest BCUT2D eigenvalue weighted by atomic mass is 16.5. The van der Waals surface area contributed by atoms with E-state index >= 15 is 0 Å². The molecular weight excluding hydrogens is 324 g/mol. The fourth-order valence-electron chi connectivity index (χ4n) is 2.74. The van der Waals surface area contributed by atoms with Crippen LogP contribution in [0.5, 0.6) is 23.0 Å². The summed E-state index contributed by atoms with van der Waals surface area (Å²) in [4.78, 5) is 11.4. The van der Waals surface area contributed by atoms with Gasteiger partial charge in [0.05, 0.1) is 34.9 Å². The first kappa shape index (κ1) is 18.4. The molecule has 1 unspecified atom stereocenters. The third kappa shape index (κ3) is 4.15. The van der Waals surface area contributed by atoms with Crippen LogP contribution in [0.4, 0.5) is 0 Å². The number of carbonyl (C=O) groups is 1. The van der Waals surface area contributed by atoms with E-state index in [1.54, 1.807) is 19.2 Å². The molecule has 0 heterocycles. The number of ether oxygens (including phenoxy) is 4. The molecule has 25 heavy (non-hydrogen) atoms. The molecule has 0 aliphatic carbocycles. The molecule has 0 bridgehead atoms. The zero-order chi connectivity index (χ0) is 18.4. The third-order valence-electron chi connectivity index (χ3n) is 3.99. The molecular formula is C19H22O6. The van der Waals surface area contributed by atoms with E-state index < -0.39 is 5.97 Å². The Kier molecular flexibility index (Phi) is 6.11. The molecule has 0 aliphatic rings. The molecule has 0 aliphatic heterocycles. The van der Waals surface area contributed by atoms with E-state index in [0.717, 1.165) is 11.1 Å². The maximum atomic E-state index is 11.4. The summed E-state index contributed by atoms with van der Waals surface area (Å²) in [5, 5.41) is 9.35. The summed E-state index contributed by atoms with van der Waals surface area (Å²) in [6.45, 7) is 0. The molecule has 1 atom stereocenters. The van der Waals surface area contributed by atoms with Gasteiger partial charge in [-0.15, -0.1) is 0 Å². The maximum absolute atomic E-state index is 11.4. The maximum Gasteiger partial charge on any atom is 0.304 e. The largest absolute Gasteiger partial charge is 0.497 e. The highest BCUT2D eigenvalue weighted by Gasteiger charge is 2.22. The summed E-state index contributed by atoms with van der Waals surface area (Å²) in [7, 11) is 6.17. The molecule has 1 N–H and O–H groups in total. The molecule has 2 rings (SSSR count). The Morgan fingerprint density at radius 3 is 1.84 bits per heavy atom. The Balaban J connectivity index is 2.55. The van der Waals surface area contributed by atoms with Gasteiger partial charge in [0.1, 0.15) is 5.75 Å². The molecule has 2 aromatic carbocycles. The van der Waals surface area contributed by atoms with Crippen molar-refractivity contribution in [2.24, 2.45) is 0 Å². The van der Waals surface area contributed by atoms with Crippen LogP contribution in [0, 0.1) is 0 Å². The zero-order valence-corrected chi connectivity index (χ0v) is 14.7. The van der Waals surface area contributed by atoms with Crippen LogP contribution in [-0.2, 0) is 4.79 Å². The minimum Gasteiger partial charge on any atom is -0.497 e. The number of aliphatic carboxylic acids is 1. The molecule has 0 amide bonds. The second kappa shape index (κ2) is 8.28. The predicted molar refractivity (Wildman–Crippen MR) is 93.2 cm³/mol. The van der Waals surface area contributed by atoms with Gasteiger partial charge in [0.25, 0.3) is 0 Å². The number of rotatable bonds is 8. The van der Waals surface area contributed by atoms with E-state index in [0.29, 0.717) is 23.0 Å². The lowest BCUT2D eigenvalue weighted by Crippen LogP contribution is -2.09. The summed E-state index contributed by atoms with van der Waals surface area (Å²) in [5.74, 6) is 0.897. The first-order valence-electron chi connectivity index (χ1n) is 7.69. The second-order valence-corrected chi connectivity index (χ2v) is 5.38. The van der Waals surface area contributed by atoms with Crippen molar-refractivity contribution in [2.75, 3.05) is 28.4 Å². The molecule has 134 valence electrons. The van der Waals surface area contributed by atoms with Gasteiger partial charge in [-0.05, 0) is 35.4 Å². The van der Waals surface area contributed by atoms with E-state index in [4.69, 9.17) is 18.9 Å². The lowest BCUT2D eigenvalue weighted by atomic mass is 9.88. The van der Waals surface area contributed by atoms with Crippen LogP contribution in [0.2, 0.25) is 0 Å². The summed E-state index contributed by atoms with van der Waals surface area (Å²) in [5.41, 5.74) is 1.62. The second-order valence-electron chi connectivity index (χ2n) is 5.38. The van der Waals surface area contributed by atoms with Crippen molar-refractivity contribution < 1.29 is 28.8 Å². The average molecular weight is 346 g/mol. The Bertz CT molecular complexity index is 698. The van der Waals surface area contributed by atoms with Gasteiger partial charge in [-0.25, -0.2) is 0 Å². The average Bonchev–Trinajstić information content (AvgIpc) is 2.64. The number of benzene rings is 2. The monoisotopic (exact) mass is 346 g/mol. The number of carboxylic acid groups (broad SMARTS) is 1. The quantitative estimate of drug-likeness (QED) is 0.790. The Morgan fingerprint density at radius 1 is 0.880 bits per heavy atom. The van der Waals surface area contributed by atoms with Crippen LogP contribution in [0.3, 0.4) is 0 Å². The summed E-state index contributed by atoms with van der Waals surface area (Å²) >= 11 is 0. The van der Waals surface area contributed by atoms with Crippen LogP contribution in [0.25, 0.3) is 0 Å². The fourth-order valence-corrected chi connectivity index (χ4v) is 2.74. The molecule has 0 radical (unpaired) electrons. The highest BCUT2D eigenvalue weighted by Crippen LogP contribution is 2.42. The lowest BCUT2D eigenvalue weighted by Gasteiger charge is -2.20. The molecule has 6 heteroatoms. The number of methoxy groups -OCH3 is 4. The third-order valence-corrected chi connectivity index (χ3v) is 3.99. The van der Waals surface area contributed by atoms with E-state index in [9.17, 15) is 9.90 Å². The van der Waals surface area contributed by atoms with Crippen molar-refractivity contribution >= 4 is 5.97 Å².